The molecular formula is C13H22N2S. The van der Waals surface area contributed by atoms with Crippen LogP contribution in [0, 0.1) is 19.8 Å². The maximum absolute atomic E-state index is 4.47. The van der Waals surface area contributed by atoms with E-state index in [-0.39, 0.29) is 0 Å². The van der Waals surface area contributed by atoms with Crippen LogP contribution >= 0.6 is 11.3 Å². The summed E-state index contributed by atoms with van der Waals surface area (Å²) in [6.07, 6.45) is 5.47. The Morgan fingerprint density at radius 3 is 2.69 bits per heavy atom. The Hall–Kier alpha value is -0.410. The fourth-order valence-electron chi connectivity index (χ4n) is 2.28. The third-order valence-corrected chi connectivity index (χ3v) is 4.39. The van der Waals surface area contributed by atoms with Gasteiger partial charge in [-0.05, 0) is 39.0 Å². The number of nitrogens with zero attached hydrogens (tertiary/aromatic N) is 1. The highest BCUT2D eigenvalue weighted by atomic mass is 32.1. The minimum absolute atomic E-state index is 0.742. The van der Waals surface area contributed by atoms with Crippen molar-refractivity contribution < 1.29 is 0 Å². The molecule has 1 fully saturated rings. The van der Waals surface area contributed by atoms with Gasteiger partial charge in [0.05, 0.1) is 10.7 Å². The summed E-state index contributed by atoms with van der Waals surface area (Å²) in [4.78, 5) is 5.89. The fourth-order valence-corrected chi connectivity index (χ4v) is 3.16. The van der Waals surface area contributed by atoms with E-state index in [9.17, 15) is 0 Å². The average molecular weight is 238 g/mol. The first kappa shape index (κ1) is 12.1. The van der Waals surface area contributed by atoms with E-state index < -0.39 is 0 Å². The van der Waals surface area contributed by atoms with Crippen LogP contribution in [-0.4, -0.2) is 11.0 Å². The van der Waals surface area contributed by atoms with Crippen molar-refractivity contribution in [2.45, 2.75) is 59.0 Å². The molecule has 1 aliphatic rings. The summed E-state index contributed by atoms with van der Waals surface area (Å²) in [5.41, 5.74) is 1.21. The first-order valence-corrected chi connectivity index (χ1v) is 7.18. The van der Waals surface area contributed by atoms with E-state index in [2.05, 4.69) is 31.1 Å². The van der Waals surface area contributed by atoms with Crippen LogP contribution in [0.15, 0.2) is 0 Å². The maximum Gasteiger partial charge on any atom is 0.0900 e. The molecule has 1 atom stereocenters. The fraction of sp³-hybridized carbons (Fsp3) is 0.769. The highest BCUT2D eigenvalue weighted by molar-refractivity contribution is 7.11. The number of hydrogen-bond donors (Lipinski definition) is 1. The lowest BCUT2D eigenvalue weighted by Gasteiger charge is -2.16. The quantitative estimate of drug-likeness (QED) is 0.821. The molecule has 0 bridgehead atoms. The lowest BCUT2D eigenvalue weighted by molar-refractivity contribution is 0.431. The van der Waals surface area contributed by atoms with Gasteiger partial charge >= 0.3 is 0 Å². The van der Waals surface area contributed by atoms with Crippen LogP contribution in [0.1, 0.15) is 48.2 Å². The average Bonchev–Trinajstić information content (AvgIpc) is 3.01. The molecule has 1 heterocycles. The molecular weight excluding hydrogens is 216 g/mol. The smallest absolute Gasteiger partial charge is 0.0900 e. The SMILES string of the molecule is CCCC(NCc1sc(C)nc1C)C1CC1. The van der Waals surface area contributed by atoms with Crippen molar-refractivity contribution in [2.75, 3.05) is 0 Å². The van der Waals surface area contributed by atoms with Crippen molar-refractivity contribution in [1.82, 2.24) is 10.3 Å². The number of nitrogens with one attached hydrogen (secondary N) is 1. The van der Waals surface area contributed by atoms with Crippen LogP contribution in [0.5, 0.6) is 0 Å². The zero-order valence-corrected chi connectivity index (χ0v) is 11.4. The summed E-state index contributed by atoms with van der Waals surface area (Å²) in [5.74, 6) is 0.953. The van der Waals surface area contributed by atoms with E-state index in [0.29, 0.717) is 0 Å². The molecule has 2 rings (SSSR count). The van der Waals surface area contributed by atoms with Gasteiger partial charge in [-0.25, -0.2) is 4.98 Å². The Bertz CT molecular complexity index is 342. The summed E-state index contributed by atoms with van der Waals surface area (Å²) in [7, 11) is 0. The first-order chi connectivity index (χ1) is 7.70. The molecule has 1 aromatic heterocycles. The summed E-state index contributed by atoms with van der Waals surface area (Å²) in [5, 5.41) is 4.91. The monoisotopic (exact) mass is 238 g/mol. The molecule has 1 N–H and O–H groups in total. The van der Waals surface area contributed by atoms with Crippen LogP contribution in [0.3, 0.4) is 0 Å². The normalized spacial score (nSPS) is 17.7. The van der Waals surface area contributed by atoms with E-state index >= 15 is 0 Å². The van der Waals surface area contributed by atoms with E-state index in [1.807, 2.05) is 11.3 Å². The molecule has 0 radical (unpaired) electrons. The van der Waals surface area contributed by atoms with Crippen LogP contribution in [0.4, 0.5) is 0 Å². The second-order valence-corrected chi connectivity index (χ2v) is 6.14. The van der Waals surface area contributed by atoms with E-state index in [1.54, 1.807) is 0 Å². The zero-order valence-electron chi connectivity index (χ0n) is 10.5. The zero-order chi connectivity index (χ0) is 11.5. The van der Waals surface area contributed by atoms with Gasteiger partial charge < -0.3 is 5.32 Å². The summed E-state index contributed by atoms with van der Waals surface area (Å²) < 4.78 is 0. The van der Waals surface area contributed by atoms with Gasteiger partial charge in [-0.3, -0.25) is 0 Å². The van der Waals surface area contributed by atoms with Crippen LogP contribution < -0.4 is 5.32 Å². The largest absolute Gasteiger partial charge is 0.309 e. The van der Waals surface area contributed by atoms with Crippen LogP contribution in [0.2, 0.25) is 0 Å². The van der Waals surface area contributed by atoms with Gasteiger partial charge in [-0.1, -0.05) is 13.3 Å². The van der Waals surface area contributed by atoms with Crippen molar-refractivity contribution in [1.29, 1.82) is 0 Å². The van der Waals surface area contributed by atoms with E-state index in [0.717, 1.165) is 18.5 Å². The van der Waals surface area contributed by atoms with Crippen molar-refractivity contribution >= 4 is 11.3 Å². The summed E-state index contributed by atoms with van der Waals surface area (Å²) >= 11 is 1.83. The first-order valence-electron chi connectivity index (χ1n) is 6.37. The van der Waals surface area contributed by atoms with Gasteiger partial charge in [0.1, 0.15) is 0 Å². The number of aromatic nitrogens is 1. The number of hydrogen-bond acceptors (Lipinski definition) is 3. The van der Waals surface area contributed by atoms with Crippen molar-refractivity contribution in [3.8, 4) is 0 Å². The topological polar surface area (TPSA) is 24.9 Å². The van der Waals surface area contributed by atoms with Gasteiger partial charge in [0.2, 0.25) is 0 Å². The van der Waals surface area contributed by atoms with Gasteiger partial charge in [0.15, 0.2) is 0 Å². The molecule has 0 aliphatic heterocycles. The van der Waals surface area contributed by atoms with Crippen LogP contribution in [0.25, 0.3) is 0 Å². The number of rotatable bonds is 6. The Labute approximate surface area is 102 Å². The minimum atomic E-state index is 0.742. The number of thiazole rings is 1. The van der Waals surface area contributed by atoms with E-state index in [1.165, 1.54) is 41.3 Å². The second-order valence-electron chi connectivity index (χ2n) is 4.85. The summed E-state index contributed by atoms with van der Waals surface area (Å²) in [6.45, 7) is 7.50. The lowest BCUT2D eigenvalue weighted by atomic mass is 10.1. The van der Waals surface area contributed by atoms with Crippen LogP contribution in [-0.2, 0) is 6.54 Å². The highest BCUT2D eigenvalue weighted by Gasteiger charge is 2.30. The third kappa shape index (κ3) is 3.05. The predicted octanol–water partition coefficient (Wildman–Crippen LogP) is 3.43. The molecule has 0 aromatic carbocycles. The molecule has 1 unspecified atom stereocenters. The van der Waals surface area contributed by atoms with Gasteiger partial charge in [-0.2, -0.15) is 0 Å². The predicted molar refractivity (Wildman–Crippen MR) is 69.8 cm³/mol. The van der Waals surface area contributed by atoms with Gasteiger partial charge in [0.25, 0.3) is 0 Å². The van der Waals surface area contributed by atoms with Crippen molar-refractivity contribution in [2.24, 2.45) is 5.92 Å². The molecule has 0 spiro atoms. The third-order valence-electron chi connectivity index (χ3n) is 3.32. The lowest BCUT2D eigenvalue weighted by Crippen LogP contribution is -2.30. The molecule has 2 nitrogen and oxygen atoms in total. The molecule has 0 saturated heterocycles. The van der Waals surface area contributed by atoms with E-state index in [4.69, 9.17) is 0 Å². The van der Waals surface area contributed by atoms with Gasteiger partial charge in [-0.15, -0.1) is 11.3 Å². The second kappa shape index (κ2) is 5.28. The summed E-state index contributed by atoms with van der Waals surface area (Å²) in [6, 6.07) is 0.742. The van der Waals surface area contributed by atoms with Crippen molar-refractivity contribution in [3.63, 3.8) is 0 Å². The Morgan fingerprint density at radius 1 is 1.44 bits per heavy atom. The molecule has 1 aromatic rings. The molecule has 16 heavy (non-hydrogen) atoms. The molecule has 3 heteroatoms. The Kier molecular flexibility index (Phi) is 3.98. The molecule has 1 saturated carbocycles. The van der Waals surface area contributed by atoms with Gasteiger partial charge in [0, 0.05) is 17.5 Å². The standard InChI is InChI=1S/C13H22N2S/c1-4-5-12(11-6-7-11)14-8-13-9(2)15-10(3)16-13/h11-12,14H,4-8H2,1-3H3. The molecule has 1 aliphatic carbocycles. The highest BCUT2D eigenvalue weighted by Crippen LogP contribution is 2.34. The molecule has 0 amide bonds. The Morgan fingerprint density at radius 2 is 2.19 bits per heavy atom. The number of aryl methyl sites for hydroxylation is 2. The minimum Gasteiger partial charge on any atom is -0.309 e. The van der Waals surface area contributed by atoms with Crippen molar-refractivity contribution in [3.05, 3.63) is 15.6 Å². The maximum atomic E-state index is 4.47. The molecule has 90 valence electrons. The Balaban J connectivity index is 1.87.